The van der Waals surface area contributed by atoms with Crippen LogP contribution < -0.4 is 0 Å². The van der Waals surface area contributed by atoms with Gasteiger partial charge in [0.15, 0.2) is 5.16 Å². The molecule has 2 heterocycles. The number of nitrogens with zero attached hydrogens (tertiary/aromatic N) is 3. The molecular weight excluding hydrogens is 354 g/mol. The zero-order valence-electron chi connectivity index (χ0n) is 15.0. The fourth-order valence-corrected chi connectivity index (χ4v) is 4.37. The third kappa shape index (κ3) is 4.08. The standard InChI is InChI=1S/C22H21N3OS/c23-13-18-9-4-5-10-19(18)16-27-22-24-14-21(17-7-2-1-3-8-17)25(22)15-20-11-6-12-26-20/h1-5,7-10,14,20H,6,11-12,15-16H2. The number of imidazole rings is 1. The Labute approximate surface area is 163 Å². The quantitative estimate of drug-likeness (QED) is 0.576. The van der Waals surface area contributed by atoms with Crippen LogP contribution in [0.4, 0.5) is 0 Å². The van der Waals surface area contributed by atoms with Gasteiger partial charge in [-0.2, -0.15) is 5.26 Å². The van der Waals surface area contributed by atoms with Gasteiger partial charge in [0, 0.05) is 12.4 Å². The van der Waals surface area contributed by atoms with Crippen molar-refractivity contribution in [2.24, 2.45) is 0 Å². The second kappa shape index (κ2) is 8.43. The van der Waals surface area contributed by atoms with Crippen molar-refractivity contribution in [3.05, 3.63) is 71.9 Å². The smallest absolute Gasteiger partial charge is 0.168 e. The Balaban J connectivity index is 1.61. The van der Waals surface area contributed by atoms with E-state index in [4.69, 9.17) is 9.72 Å². The van der Waals surface area contributed by atoms with Gasteiger partial charge in [0.1, 0.15) is 0 Å². The van der Waals surface area contributed by atoms with E-state index < -0.39 is 0 Å². The molecule has 4 rings (SSSR count). The molecule has 5 heteroatoms. The minimum absolute atomic E-state index is 0.243. The number of hydrogen-bond donors (Lipinski definition) is 0. The molecule has 1 aromatic heterocycles. The average Bonchev–Trinajstić information content (AvgIpc) is 3.38. The van der Waals surface area contributed by atoms with Crippen LogP contribution in [0, 0.1) is 11.3 Å². The van der Waals surface area contributed by atoms with Gasteiger partial charge in [-0.1, -0.05) is 60.3 Å². The maximum absolute atomic E-state index is 9.32. The van der Waals surface area contributed by atoms with Crippen molar-refractivity contribution in [2.75, 3.05) is 6.61 Å². The molecule has 1 aliphatic rings. The van der Waals surface area contributed by atoms with Crippen LogP contribution >= 0.6 is 11.8 Å². The van der Waals surface area contributed by atoms with E-state index in [0.29, 0.717) is 0 Å². The summed E-state index contributed by atoms with van der Waals surface area (Å²) in [6.45, 7) is 1.66. The molecule has 0 amide bonds. The molecule has 0 spiro atoms. The molecule has 1 unspecified atom stereocenters. The van der Waals surface area contributed by atoms with Gasteiger partial charge in [0.25, 0.3) is 0 Å². The van der Waals surface area contributed by atoms with E-state index in [9.17, 15) is 5.26 Å². The van der Waals surface area contributed by atoms with Crippen molar-refractivity contribution in [1.29, 1.82) is 5.26 Å². The van der Waals surface area contributed by atoms with Crippen LogP contribution in [0.2, 0.25) is 0 Å². The molecule has 0 radical (unpaired) electrons. The molecule has 0 aliphatic carbocycles. The second-order valence-electron chi connectivity index (χ2n) is 6.60. The highest BCUT2D eigenvalue weighted by Gasteiger charge is 2.20. The first kappa shape index (κ1) is 17.8. The van der Waals surface area contributed by atoms with Crippen molar-refractivity contribution >= 4 is 11.8 Å². The Hall–Kier alpha value is -2.55. The predicted octanol–water partition coefficient (Wildman–Crippen LogP) is 4.89. The highest BCUT2D eigenvalue weighted by Crippen LogP contribution is 2.30. The number of ether oxygens (including phenoxy) is 1. The van der Waals surface area contributed by atoms with Crippen molar-refractivity contribution in [3.8, 4) is 17.3 Å². The highest BCUT2D eigenvalue weighted by molar-refractivity contribution is 7.98. The van der Waals surface area contributed by atoms with E-state index in [1.807, 2.05) is 36.5 Å². The average molecular weight is 375 g/mol. The van der Waals surface area contributed by atoms with Gasteiger partial charge >= 0.3 is 0 Å². The monoisotopic (exact) mass is 375 g/mol. The first-order chi connectivity index (χ1) is 13.3. The molecule has 1 aliphatic heterocycles. The molecule has 0 saturated carbocycles. The van der Waals surface area contributed by atoms with Crippen LogP contribution in [-0.2, 0) is 17.0 Å². The minimum atomic E-state index is 0.243. The van der Waals surface area contributed by atoms with E-state index in [-0.39, 0.29) is 6.10 Å². The second-order valence-corrected chi connectivity index (χ2v) is 7.54. The third-order valence-electron chi connectivity index (χ3n) is 4.79. The third-order valence-corrected chi connectivity index (χ3v) is 5.83. The molecular formula is C22H21N3OS. The van der Waals surface area contributed by atoms with Gasteiger partial charge in [-0.05, 0) is 30.0 Å². The summed E-state index contributed by atoms with van der Waals surface area (Å²) in [6, 6.07) is 20.4. The Morgan fingerprint density at radius 2 is 1.96 bits per heavy atom. The summed E-state index contributed by atoms with van der Waals surface area (Å²) in [5.41, 5.74) is 4.04. The van der Waals surface area contributed by atoms with Gasteiger partial charge in [-0.25, -0.2) is 4.98 Å². The number of hydrogen-bond acceptors (Lipinski definition) is 4. The molecule has 136 valence electrons. The Morgan fingerprint density at radius 1 is 1.15 bits per heavy atom. The van der Waals surface area contributed by atoms with E-state index in [0.717, 1.165) is 59.3 Å². The van der Waals surface area contributed by atoms with Crippen molar-refractivity contribution in [1.82, 2.24) is 9.55 Å². The molecule has 2 aromatic carbocycles. The van der Waals surface area contributed by atoms with Crippen LogP contribution in [0.5, 0.6) is 0 Å². The van der Waals surface area contributed by atoms with Gasteiger partial charge < -0.3 is 9.30 Å². The van der Waals surface area contributed by atoms with Crippen LogP contribution in [0.25, 0.3) is 11.3 Å². The number of nitriles is 1. The Bertz CT molecular complexity index is 940. The maximum Gasteiger partial charge on any atom is 0.168 e. The Morgan fingerprint density at radius 3 is 2.74 bits per heavy atom. The van der Waals surface area contributed by atoms with Gasteiger partial charge in [-0.3, -0.25) is 0 Å². The molecule has 1 fully saturated rings. The summed E-state index contributed by atoms with van der Waals surface area (Å²) in [7, 11) is 0. The zero-order chi connectivity index (χ0) is 18.5. The van der Waals surface area contributed by atoms with E-state index in [2.05, 4.69) is 34.9 Å². The minimum Gasteiger partial charge on any atom is -0.376 e. The highest BCUT2D eigenvalue weighted by atomic mass is 32.2. The summed E-state index contributed by atoms with van der Waals surface area (Å²) in [5.74, 6) is 0.723. The summed E-state index contributed by atoms with van der Waals surface area (Å²) in [4.78, 5) is 4.69. The van der Waals surface area contributed by atoms with Gasteiger partial charge in [0.2, 0.25) is 0 Å². The largest absolute Gasteiger partial charge is 0.376 e. The summed E-state index contributed by atoms with van der Waals surface area (Å²) in [5, 5.41) is 10.3. The number of rotatable bonds is 6. The molecule has 3 aromatic rings. The fraction of sp³-hybridized carbons (Fsp3) is 0.273. The van der Waals surface area contributed by atoms with Crippen LogP contribution in [0.3, 0.4) is 0 Å². The first-order valence-corrected chi connectivity index (χ1v) is 10.2. The Kier molecular flexibility index (Phi) is 5.57. The molecule has 27 heavy (non-hydrogen) atoms. The molecule has 1 atom stereocenters. The fourth-order valence-electron chi connectivity index (χ4n) is 3.38. The molecule has 0 bridgehead atoms. The lowest BCUT2D eigenvalue weighted by Gasteiger charge is -2.16. The summed E-state index contributed by atoms with van der Waals surface area (Å²) >= 11 is 1.67. The normalized spacial score (nSPS) is 16.3. The van der Waals surface area contributed by atoms with Crippen LogP contribution in [0.1, 0.15) is 24.0 Å². The van der Waals surface area contributed by atoms with E-state index in [1.54, 1.807) is 11.8 Å². The maximum atomic E-state index is 9.32. The van der Waals surface area contributed by atoms with E-state index in [1.165, 1.54) is 0 Å². The van der Waals surface area contributed by atoms with Gasteiger partial charge in [-0.15, -0.1) is 0 Å². The predicted molar refractivity (Wildman–Crippen MR) is 107 cm³/mol. The molecule has 1 saturated heterocycles. The number of benzene rings is 2. The van der Waals surface area contributed by atoms with Gasteiger partial charge in [0.05, 0.1) is 36.2 Å². The lowest BCUT2D eigenvalue weighted by molar-refractivity contribution is 0.0954. The van der Waals surface area contributed by atoms with Crippen LogP contribution in [-0.4, -0.2) is 22.3 Å². The molecule has 4 nitrogen and oxygen atoms in total. The summed E-state index contributed by atoms with van der Waals surface area (Å²) in [6.07, 6.45) is 4.40. The van der Waals surface area contributed by atoms with Crippen molar-refractivity contribution < 1.29 is 4.74 Å². The van der Waals surface area contributed by atoms with E-state index >= 15 is 0 Å². The zero-order valence-corrected chi connectivity index (χ0v) is 15.9. The van der Waals surface area contributed by atoms with Crippen molar-refractivity contribution in [3.63, 3.8) is 0 Å². The van der Waals surface area contributed by atoms with Crippen LogP contribution in [0.15, 0.2) is 66.0 Å². The van der Waals surface area contributed by atoms with Crippen molar-refractivity contribution in [2.45, 2.75) is 36.4 Å². The molecule has 0 N–H and O–H groups in total. The lowest BCUT2D eigenvalue weighted by atomic mass is 10.1. The number of aromatic nitrogens is 2. The SMILES string of the molecule is N#Cc1ccccc1CSc1ncc(-c2ccccc2)n1CC1CCCO1. The summed E-state index contributed by atoms with van der Waals surface area (Å²) < 4.78 is 8.14. The lowest BCUT2D eigenvalue weighted by Crippen LogP contribution is -2.16. The topological polar surface area (TPSA) is 50.8 Å². The first-order valence-electron chi connectivity index (χ1n) is 9.18. The number of thioether (sulfide) groups is 1.